The Kier molecular flexibility index (Phi) is 6.34. The van der Waals surface area contributed by atoms with Gasteiger partial charge in [-0.25, -0.2) is 9.78 Å². The van der Waals surface area contributed by atoms with Gasteiger partial charge in [-0.1, -0.05) is 30.3 Å². The lowest BCUT2D eigenvalue weighted by Gasteiger charge is -2.47. The number of piperidine rings is 2. The van der Waals surface area contributed by atoms with Crippen LogP contribution in [0.3, 0.4) is 0 Å². The zero-order valence-corrected chi connectivity index (χ0v) is 17.8. The van der Waals surface area contributed by atoms with Crippen LogP contribution in [0, 0.1) is 5.92 Å². The molecule has 2 fully saturated rings. The minimum atomic E-state index is -0.296. The molecule has 2 unspecified atom stereocenters. The highest BCUT2D eigenvalue weighted by atomic mass is 16.6. The molecule has 2 aliphatic heterocycles. The van der Waals surface area contributed by atoms with Gasteiger partial charge in [-0.15, -0.1) is 0 Å². The lowest BCUT2D eigenvalue weighted by atomic mass is 9.76. The number of carbonyl (C=O) groups excluding carboxylic acids is 2. The van der Waals surface area contributed by atoms with Crippen LogP contribution in [0.1, 0.15) is 48.0 Å². The first-order chi connectivity index (χ1) is 15.1. The maximum atomic E-state index is 13.3. The summed E-state index contributed by atoms with van der Waals surface area (Å²) in [5, 5.41) is 0. The minimum absolute atomic E-state index is 0.00474. The number of aromatic nitrogens is 2. The number of rotatable bonds is 6. The smallest absolute Gasteiger partial charge is 0.410 e. The molecule has 3 heterocycles. The molecule has 1 aromatic carbocycles. The molecule has 0 radical (unpaired) electrons. The topological polar surface area (TPSA) is 90.9 Å². The summed E-state index contributed by atoms with van der Waals surface area (Å²) in [7, 11) is 2.93. The van der Waals surface area contributed by atoms with Crippen LogP contribution < -0.4 is 9.47 Å². The lowest BCUT2D eigenvalue weighted by molar-refractivity contribution is 0.00464. The van der Waals surface area contributed by atoms with Gasteiger partial charge in [0.15, 0.2) is 5.78 Å². The van der Waals surface area contributed by atoms with Gasteiger partial charge < -0.3 is 19.1 Å². The Bertz CT molecular complexity index is 922. The van der Waals surface area contributed by atoms with Crippen LogP contribution >= 0.6 is 0 Å². The third-order valence-corrected chi connectivity index (χ3v) is 6.13. The Hall–Kier alpha value is -3.16. The number of Topliss-reactive ketones (excluding diaryl/α,β-unsaturated/α-hetero) is 1. The summed E-state index contributed by atoms with van der Waals surface area (Å²) in [4.78, 5) is 36.2. The third kappa shape index (κ3) is 4.47. The van der Waals surface area contributed by atoms with Gasteiger partial charge in [0.25, 0.3) is 0 Å². The van der Waals surface area contributed by atoms with Crippen molar-refractivity contribution in [2.75, 3.05) is 14.2 Å². The van der Waals surface area contributed by atoms with E-state index in [9.17, 15) is 9.59 Å². The van der Waals surface area contributed by atoms with Crippen LogP contribution in [0.25, 0.3) is 0 Å². The van der Waals surface area contributed by atoms with Crippen LogP contribution in [0.15, 0.2) is 36.5 Å². The summed E-state index contributed by atoms with van der Waals surface area (Å²) in [5.74, 6) is -0.0419. The quantitative estimate of drug-likeness (QED) is 0.653. The van der Waals surface area contributed by atoms with Gasteiger partial charge in [-0.05, 0) is 37.7 Å². The van der Waals surface area contributed by atoms with E-state index in [0.717, 1.165) is 24.8 Å². The molecule has 0 saturated carbocycles. The van der Waals surface area contributed by atoms with Crippen molar-refractivity contribution in [2.24, 2.45) is 5.92 Å². The maximum absolute atomic E-state index is 13.3. The second-order valence-electron chi connectivity index (χ2n) is 8.00. The molecule has 0 aliphatic carbocycles. The number of fused-ring (bicyclic) bond motifs is 2. The second-order valence-corrected chi connectivity index (χ2v) is 8.00. The number of hydrogen-bond acceptors (Lipinski definition) is 7. The molecule has 1 amide bonds. The SMILES string of the molecule is COc1ncc(C(=O)C2CC3CCCC(C2)N3C(=O)OCc2ccccc2)c(OC)n1. The van der Waals surface area contributed by atoms with Gasteiger partial charge in [-0.3, -0.25) is 4.79 Å². The van der Waals surface area contributed by atoms with E-state index in [-0.39, 0.29) is 48.4 Å². The van der Waals surface area contributed by atoms with Gasteiger partial charge in [0.2, 0.25) is 5.88 Å². The molecular weight excluding hydrogens is 398 g/mol. The van der Waals surface area contributed by atoms with E-state index in [1.807, 2.05) is 35.2 Å². The Morgan fingerprint density at radius 2 is 1.77 bits per heavy atom. The summed E-state index contributed by atoms with van der Waals surface area (Å²) >= 11 is 0. The fourth-order valence-electron chi connectivity index (χ4n) is 4.68. The Balaban J connectivity index is 1.45. The first-order valence-electron chi connectivity index (χ1n) is 10.6. The highest BCUT2D eigenvalue weighted by molar-refractivity contribution is 5.99. The summed E-state index contributed by atoms with van der Waals surface area (Å²) in [5.41, 5.74) is 1.31. The average Bonchev–Trinajstić information content (AvgIpc) is 2.81. The predicted octanol–water partition coefficient (Wildman–Crippen LogP) is 3.65. The molecular formula is C23H27N3O5. The monoisotopic (exact) mass is 425 g/mol. The predicted molar refractivity (Wildman–Crippen MR) is 112 cm³/mol. The average molecular weight is 425 g/mol. The molecule has 2 atom stereocenters. The molecule has 0 N–H and O–H groups in total. The highest BCUT2D eigenvalue weighted by Gasteiger charge is 2.44. The van der Waals surface area contributed by atoms with Crippen molar-refractivity contribution >= 4 is 11.9 Å². The van der Waals surface area contributed by atoms with Crippen LogP contribution in [0.5, 0.6) is 11.9 Å². The fraction of sp³-hybridized carbons (Fsp3) is 0.478. The van der Waals surface area contributed by atoms with Crippen molar-refractivity contribution in [1.82, 2.24) is 14.9 Å². The number of methoxy groups -OCH3 is 2. The van der Waals surface area contributed by atoms with Crippen molar-refractivity contribution < 1.29 is 23.8 Å². The molecule has 4 rings (SSSR count). The lowest BCUT2D eigenvalue weighted by Crippen LogP contribution is -2.55. The first-order valence-corrected chi connectivity index (χ1v) is 10.6. The summed E-state index contributed by atoms with van der Waals surface area (Å²) in [6, 6.07) is 9.79. The fourth-order valence-corrected chi connectivity index (χ4v) is 4.68. The van der Waals surface area contributed by atoms with Gasteiger partial charge in [0.05, 0.1) is 19.8 Å². The number of amides is 1. The van der Waals surface area contributed by atoms with Crippen molar-refractivity contribution in [1.29, 1.82) is 0 Å². The molecule has 8 heteroatoms. The summed E-state index contributed by atoms with van der Waals surface area (Å²) in [6.45, 7) is 0.248. The van der Waals surface area contributed by atoms with Crippen molar-refractivity contribution in [3.05, 3.63) is 47.7 Å². The number of hydrogen-bond donors (Lipinski definition) is 0. The zero-order chi connectivity index (χ0) is 21.8. The molecule has 164 valence electrons. The summed E-state index contributed by atoms with van der Waals surface area (Å²) < 4.78 is 15.9. The Morgan fingerprint density at radius 3 is 2.42 bits per heavy atom. The molecule has 31 heavy (non-hydrogen) atoms. The number of benzene rings is 1. The molecule has 8 nitrogen and oxygen atoms in total. The number of ether oxygens (including phenoxy) is 3. The number of carbonyl (C=O) groups is 2. The van der Waals surface area contributed by atoms with Crippen molar-refractivity contribution in [3.8, 4) is 11.9 Å². The molecule has 2 saturated heterocycles. The van der Waals surface area contributed by atoms with Crippen LogP contribution in [-0.4, -0.2) is 53.0 Å². The van der Waals surface area contributed by atoms with Gasteiger partial charge in [0.1, 0.15) is 6.61 Å². The van der Waals surface area contributed by atoms with Crippen LogP contribution in [-0.2, 0) is 11.3 Å². The Morgan fingerprint density at radius 1 is 1.06 bits per heavy atom. The van der Waals surface area contributed by atoms with E-state index in [1.54, 1.807) is 0 Å². The zero-order valence-electron chi connectivity index (χ0n) is 17.8. The Labute approximate surface area is 181 Å². The van der Waals surface area contributed by atoms with Gasteiger partial charge in [-0.2, -0.15) is 4.98 Å². The normalized spacial score (nSPS) is 22.5. The largest absolute Gasteiger partial charge is 0.480 e. The molecule has 2 aromatic rings. The second kappa shape index (κ2) is 9.32. The van der Waals surface area contributed by atoms with E-state index in [0.29, 0.717) is 18.4 Å². The minimum Gasteiger partial charge on any atom is -0.480 e. The highest BCUT2D eigenvalue weighted by Crippen LogP contribution is 2.39. The molecule has 0 spiro atoms. The molecule has 1 aromatic heterocycles. The number of nitrogens with zero attached hydrogens (tertiary/aromatic N) is 3. The van der Waals surface area contributed by atoms with E-state index >= 15 is 0 Å². The van der Waals surface area contributed by atoms with E-state index in [2.05, 4.69) is 9.97 Å². The van der Waals surface area contributed by atoms with E-state index in [1.165, 1.54) is 20.4 Å². The van der Waals surface area contributed by atoms with E-state index in [4.69, 9.17) is 14.2 Å². The number of ketones is 1. The maximum Gasteiger partial charge on any atom is 0.410 e. The third-order valence-electron chi connectivity index (χ3n) is 6.13. The molecule has 2 bridgehead atoms. The molecule has 2 aliphatic rings. The standard InChI is InChI=1S/C23H27N3O5/c1-29-21-19(13-24-22(25-21)30-2)20(27)16-11-17-9-6-10-18(12-16)26(17)23(28)31-14-15-7-4-3-5-8-15/h3-5,7-8,13,16-18H,6,9-12,14H2,1-2H3. The van der Waals surface area contributed by atoms with Crippen LogP contribution in [0.4, 0.5) is 4.79 Å². The van der Waals surface area contributed by atoms with Crippen molar-refractivity contribution in [3.63, 3.8) is 0 Å². The van der Waals surface area contributed by atoms with Gasteiger partial charge in [0, 0.05) is 24.2 Å². The van der Waals surface area contributed by atoms with Crippen LogP contribution in [0.2, 0.25) is 0 Å². The van der Waals surface area contributed by atoms with E-state index < -0.39 is 0 Å². The van der Waals surface area contributed by atoms with Crippen molar-refractivity contribution in [2.45, 2.75) is 50.8 Å². The summed E-state index contributed by atoms with van der Waals surface area (Å²) in [6.07, 6.45) is 5.16. The first kappa shape index (κ1) is 21.1. The van der Waals surface area contributed by atoms with Gasteiger partial charge >= 0.3 is 12.1 Å².